The molecule has 1 aromatic carbocycles. The minimum Gasteiger partial charge on any atom is -0.458 e. The zero-order chi connectivity index (χ0) is 25.4. The predicted octanol–water partition coefficient (Wildman–Crippen LogP) is 4.00. The van der Waals surface area contributed by atoms with Gasteiger partial charge in [0.05, 0.1) is 0 Å². The Morgan fingerprint density at radius 2 is 1.86 bits per heavy atom. The van der Waals surface area contributed by atoms with Crippen molar-refractivity contribution < 1.29 is 14.3 Å². The van der Waals surface area contributed by atoms with Crippen LogP contribution in [-0.2, 0) is 27.2 Å². The van der Waals surface area contributed by atoms with E-state index in [9.17, 15) is 9.59 Å². The van der Waals surface area contributed by atoms with Crippen molar-refractivity contribution in [2.45, 2.75) is 83.8 Å². The number of aromatic nitrogens is 4. The third-order valence-corrected chi connectivity index (χ3v) is 7.94. The molecule has 0 radical (unpaired) electrons. The van der Waals surface area contributed by atoms with Crippen molar-refractivity contribution in [3.05, 3.63) is 58.7 Å². The molecular weight excluding hydrogens is 454 g/mol. The maximum absolute atomic E-state index is 13.5. The topological polar surface area (TPSA) is 112 Å². The van der Waals surface area contributed by atoms with E-state index in [4.69, 9.17) is 10.5 Å². The molecule has 2 fully saturated rings. The highest BCUT2D eigenvalue weighted by Crippen LogP contribution is 2.45. The summed E-state index contributed by atoms with van der Waals surface area (Å²) in [7, 11) is 0. The highest BCUT2D eigenvalue weighted by molar-refractivity contribution is 6.01. The second-order valence-corrected chi connectivity index (χ2v) is 10.7. The number of ketones is 1. The summed E-state index contributed by atoms with van der Waals surface area (Å²) >= 11 is 0. The number of carbonyl (C=O) groups excluding carboxylic acids is 2. The zero-order valence-corrected chi connectivity index (χ0v) is 21.4. The first-order valence-electron chi connectivity index (χ1n) is 13.0. The SMILES string of the molecule is Cc1cc(C)n2nc(CC3C(=O)CC(CCc4ccc([C@@H](C)N)cc4)(C4CCCC4)OC3=O)nc2n1. The number of ether oxygens (including phenoxy) is 1. The van der Waals surface area contributed by atoms with Crippen LogP contribution in [0.3, 0.4) is 0 Å². The van der Waals surface area contributed by atoms with Crippen molar-refractivity contribution >= 4 is 17.5 Å². The Hall–Kier alpha value is -3.13. The summed E-state index contributed by atoms with van der Waals surface area (Å²) in [4.78, 5) is 35.7. The smallest absolute Gasteiger partial charge is 0.317 e. The molecule has 5 rings (SSSR count). The van der Waals surface area contributed by atoms with Gasteiger partial charge in [-0.15, -0.1) is 5.10 Å². The molecule has 2 unspecified atom stereocenters. The molecule has 190 valence electrons. The van der Waals surface area contributed by atoms with Gasteiger partial charge in [0.15, 0.2) is 11.6 Å². The summed E-state index contributed by atoms with van der Waals surface area (Å²) < 4.78 is 7.91. The molecule has 8 heteroatoms. The number of benzene rings is 1. The van der Waals surface area contributed by atoms with Gasteiger partial charge in [0.2, 0.25) is 0 Å². The Balaban J connectivity index is 1.34. The predicted molar refractivity (Wildman–Crippen MR) is 135 cm³/mol. The Labute approximate surface area is 211 Å². The molecule has 2 aromatic heterocycles. The lowest BCUT2D eigenvalue weighted by atomic mass is 9.73. The van der Waals surface area contributed by atoms with Crippen molar-refractivity contribution in [3.8, 4) is 0 Å². The molecule has 0 bridgehead atoms. The molecule has 0 amide bonds. The Bertz CT molecular complexity index is 1260. The summed E-state index contributed by atoms with van der Waals surface area (Å²) in [5.74, 6) is -0.236. The van der Waals surface area contributed by atoms with Crippen LogP contribution in [0.2, 0.25) is 0 Å². The van der Waals surface area contributed by atoms with Gasteiger partial charge in [0.25, 0.3) is 5.78 Å². The average molecular weight is 490 g/mol. The van der Waals surface area contributed by atoms with Crippen LogP contribution >= 0.6 is 0 Å². The molecule has 3 atom stereocenters. The van der Waals surface area contributed by atoms with Gasteiger partial charge in [-0.3, -0.25) is 9.59 Å². The number of aryl methyl sites for hydroxylation is 3. The second kappa shape index (κ2) is 9.73. The molecule has 1 aliphatic heterocycles. The molecular formula is C28H35N5O3. The van der Waals surface area contributed by atoms with Crippen LogP contribution in [0, 0.1) is 25.7 Å². The van der Waals surface area contributed by atoms with E-state index < -0.39 is 17.5 Å². The van der Waals surface area contributed by atoms with Crippen LogP contribution in [0.25, 0.3) is 5.78 Å². The third-order valence-electron chi connectivity index (χ3n) is 7.94. The molecule has 8 nitrogen and oxygen atoms in total. The van der Waals surface area contributed by atoms with Gasteiger partial charge < -0.3 is 10.5 Å². The van der Waals surface area contributed by atoms with Crippen LogP contribution in [0.5, 0.6) is 0 Å². The lowest BCUT2D eigenvalue weighted by Crippen LogP contribution is -2.52. The van der Waals surface area contributed by atoms with E-state index in [0.717, 1.165) is 54.6 Å². The molecule has 1 saturated heterocycles. The summed E-state index contributed by atoms with van der Waals surface area (Å²) in [5, 5.41) is 4.50. The van der Waals surface area contributed by atoms with Gasteiger partial charge in [-0.25, -0.2) is 9.50 Å². The van der Waals surface area contributed by atoms with Gasteiger partial charge >= 0.3 is 5.97 Å². The average Bonchev–Trinajstić information content (AvgIpc) is 3.51. The number of Topliss-reactive ketones (excluding diaryl/α,β-unsaturated/α-hetero) is 1. The number of carbonyl (C=O) groups is 2. The Kier molecular flexibility index (Phi) is 6.64. The quantitative estimate of drug-likeness (QED) is 0.394. The van der Waals surface area contributed by atoms with Crippen molar-refractivity contribution in [1.82, 2.24) is 19.6 Å². The largest absolute Gasteiger partial charge is 0.458 e. The highest BCUT2D eigenvalue weighted by Gasteiger charge is 2.51. The minimum absolute atomic E-state index is 0.0103. The maximum Gasteiger partial charge on any atom is 0.317 e. The fraction of sp³-hybridized carbons (Fsp3) is 0.536. The van der Waals surface area contributed by atoms with E-state index in [2.05, 4.69) is 39.3 Å². The second-order valence-electron chi connectivity index (χ2n) is 10.7. The van der Waals surface area contributed by atoms with E-state index in [-0.39, 0.29) is 30.6 Å². The molecule has 2 N–H and O–H groups in total. The molecule has 36 heavy (non-hydrogen) atoms. The fourth-order valence-corrected chi connectivity index (χ4v) is 5.90. The van der Waals surface area contributed by atoms with Crippen molar-refractivity contribution in [3.63, 3.8) is 0 Å². The first-order chi connectivity index (χ1) is 17.2. The van der Waals surface area contributed by atoms with Gasteiger partial charge in [0.1, 0.15) is 11.5 Å². The van der Waals surface area contributed by atoms with Gasteiger partial charge in [-0.2, -0.15) is 4.98 Å². The van der Waals surface area contributed by atoms with Crippen molar-refractivity contribution in [2.24, 2.45) is 17.6 Å². The molecule has 2 aliphatic rings. The van der Waals surface area contributed by atoms with Crippen molar-refractivity contribution in [1.29, 1.82) is 0 Å². The lowest BCUT2D eigenvalue weighted by Gasteiger charge is -2.43. The Morgan fingerprint density at radius 1 is 1.14 bits per heavy atom. The number of fused-ring (bicyclic) bond motifs is 1. The van der Waals surface area contributed by atoms with E-state index in [1.54, 1.807) is 4.52 Å². The highest BCUT2D eigenvalue weighted by atomic mass is 16.6. The van der Waals surface area contributed by atoms with E-state index >= 15 is 0 Å². The van der Waals surface area contributed by atoms with Crippen LogP contribution in [-0.4, -0.2) is 36.9 Å². The number of hydrogen-bond donors (Lipinski definition) is 1. The molecule has 1 saturated carbocycles. The summed E-state index contributed by atoms with van der Waals surface area (Å²) in [6.07, 6.45) is 6.01. The molecule has 3 aromatic rings. The van der Waals surface area contributed by atoms with E-state index in [0.29, 0.717) is 18.0 Å². The number of cyclic esters (lactones) is 1. The number of hydrogen-bond acceptors (Lipinski definition) is 7. The lowest BCUT2D eigenvalue weighted by molar-refractivity contribution is -0.185. The summed E-state index contributed by atoms with van der Waals surface area (Å²) in [6.45, 7) is 5.80. The standard InChI is InChI=1S/C28H35N5O3/c1-17-14-18(2)33-27(30-17)31-25(32-33)15-23-24(34)16-28(36-26(23)35,22-6-4-5-7-22)13-12-20-8-10-21(11-9-20)19(3)29/h8-11,14,19,22-23H,4-7,12-13,15-16,29H2,1-3H3/t19-,23?,28?/m1/s1. The van der Waals surface area contributed by atoms with Crippen molar-refractivity contribution in [2.75, 3.05) is 0 Å². The Morgan fingerprint density at radius 3 is 2.53 bits per heavy atom. The zero-order valence-electron chi connectivity index (χ0n) is 21.4. The molecule has 3 heterocycles. The first-order valence-corrected chi connectivity index (χ1v) is 13.0. The number of rotatable bonds is 7. The fourth-order valence-electron chi connectivity index (χ4n) is 5.90. The monoisotopic (exact) mass is 489 g/mol. The normalized spacial score (nSPS) is 23.8. The number of nitrogens with zero attached hydrogens (tertiary/aromatic N) is 4. The summed E-state index contributed by atoms with van der Waals surface area (Å²) in [5.41, 5.74) is 9.26. The third kappa shape index (κ3) is 4.78. The maximum atomic E-state index is 13.5. The van der Waals surface area contributed by atoms with Crippen LogP contribution in [0.15, 0.2) is 30.3 Å². The first kappa shape index (κ1) is 24.6. The van der Waals surface area contributed by atoms with Gasteiger partial charge in [-0.1, -0.05) is 37.1 Å². The van der Waals surface area contributed by atoms with Gasteiger partial charge in [-0.05, 0) is 69.6 Å². The summed E-state index contributed by atoms with van der Waals surface area (Å²) in [6, 6.07) is 10.2. The molecule has 0 spiro atoms. The number of nitrogens with two attached hydrogens (primary N) is 1. The van der Waals surface area contributed by atoms with E-state index in [1.807, 2.05) is 26.8 Å². The van der Waals surface area contributed by atoms with Crippen LogP contribution in [0.4, 0.5) is 0 Å². The van der Waals surface area contributed by atoms with Crippen LogP contribution in [0.1, 0.15) is 79.8 Å². The van der Waals surface area contributed by atoms with Crippen LogP contribution < -0.4 is 5.73 Å². The number of esters is 1. The van der Waals surface area contributed by atoms with Gasteiger partial charge in [0, 0.05) is 30.3 Å². The molecule has 1 aliphatic carbocycles. The van der Waals surface area contributed by atoms with E-state index in [1.165, 1.54) is 0 Å². The minimum atomic E-state index is -0.872.